The predicted molar refractivity (Wildman–Crippen MR) is 68.5 cm³/mol. The molecule has 1 aromatic carbocycles. The summed E-state index contributed by atoms with van der Waals surface area (Å²) in [6, 6.07) is 1.23. The highest BCUT2D eigenvalue weighted by Crippen LogP contribution is 2.36. The molecule has 2 rings (SSSR count). The van der Waals surface area contributed by atoms with Crippen LogP contribution in [0.1, 0.15) is 29.9 Å². The second-order valence-corrected chi connectivity index (χ2v) is 4.40. The fourth-order valence-electron chi connectivity index (χ4n) is 2.18. The molecule has 0 fully saturated rings. The van der Waals surface area contributed by atoms with Gasteiger partial charge in [-0.05, 0) is 30.7 Å². The van der Waals surface area contributed by atoms with Crippen LogP contribution in [0.5, 0.6) is 0 Å². The second-order valence-electron chi connectivity index (χ2n) is 4.40. The van der Waals surface area contributed by atoms with Gasteiger partial charge in [0.1, 0.15) is 17.7 Å². The number of aromatic nitrogens is 2. The number of halogens is 4. The molecule has 114 valence electrons. The summed E-state index contributed by atoms with van der Waals surface area (Å²) in [7, 11) is 0. The number of nitrogens with two attached hydrogens (primary N) is 1. The number of hydrazine groups is 1. The molecular weight excluding hydrogens is 288 g/mol. The van der Waals surface area contributed by atoms with E-state index in [0.717, 1.165) is 12.1 Å². The molecule has 0 amide bonds. The Labute approximate surface area is 118 Å². The van der Waals surface area contributed by atoms with Crippen LogP contribution in [0, 0.1) is 5.82 Å². The van der Waals surface area contributed by atoms with E-state index in [4.69, 9.17) is 5.84 Å². The first kappa shape index (κ1) is 15.5. The maximum atomic E-state index is 13.4. The number of benzene rings is 1. The van der Waals surface area contributed by atoms with Crippen LogP contribution in [0.2, 0.25) is 0 Å². The third-order valence-electron chi connectivity index (χ3n) is 3.14. The molecule has 1 aromatic heterocycles. The summed E-state index contributed by atoms with van der Waals surface area (Å²) in [5, 5.41) is 0. The second kappa shape index (κ2) is 5.82. The molecule has 1 heterocycles. The number of imidazole rings is 1. The summed E-state index contributed by atoms with van der Waals surface area (Å²) in [5.41, 5.74) is 1.04. The molecule has 0 aliphatic heterocycles. The molecule has 4 nitrogen and oxygen atoms in total. The van der Waals surface area contributed by atoms with E-state index in [1.807, 2.05) is 6.92 Å². The number of nitrogens with zero attached hydrogens (tertiary/aromatic N) is 2. The zero-order valence-electron chi connectivity index (χ0n) is 11.2. The van der Waals surface area contributed by atoms with Crippen LogP contribution in [-0.2, 0) is 12.7 Å². The van der Waals surface area contributed by atoms with E-state index in [9.17, 15) is 17.6 Å². The van der Waals surface area contributed by atoms with Gasteiger partial charge in [-0.15, -0.1) is 0 Å². The van der Waals surface area contributed by atoms with Crippen LogP contribution >= 0.6 is 0 Å². The molecule has 0 radical (unpaired) electrons. The van der Waals surface area contributed by atoms with Gasteiger partial charge in [0.05, 0.1) is 5.56 Å². The molecule has 1 unspecified atom stereocenters. The number of nitrogens with one attached hydrogen (secondary N) is 1. The van der Waals surface area contributed by atoms with Crippen molar-refractivity contribution in [3.63, 3.8) is 0 Å². The fraction of sp³-hybridized carbons (Fsp3) is 0.308. The topological polar surface area (TPSA) is 55.9 Å². The molecule has 8 heteroatoms. The predicted octanol–water partition coefficient (Wildman–Crippen LogP) is 2.61. The van der Waals surface area contributed by atoms with Gasteiger partial charge in [0, 0.05) is 18.9 Å². The van der Waals surface area contributed by atoms with Crippen molar-refractivity contribution in [1.82, 2.24) is 15.0 Å². The van der Waals surface area contributed by atoms with Crippen molar-refractivity contribution in [3.8, 4) is 0 Å². The Morgan fingerprint density at radius 1 is 1.38 bits per heavy atom. The van der Waals surface area contributed by atoms with E-state index in [1.165, 1.54) is 6.20 Å². The minimum absolute atomic E-state index is 0.288. The minimum Gasteiger partial charge on any atom is -0.334 e. The average Bonchev–Trinajstić information content (AvgIpc) is 2.86. The average molecular weight is 302 g/mol. The van der Waals surface area contributed by atoms with Crippen molar-refractivity contribution in [2.75, 3.05) is 0 Å². The zero-order valence-corrected chi connectivity index (χ0v) is 11.2. The third kappa shape index (κ3) is 3.06. The molecule has 0 spiro atoms. The van der Waals surface area contributed by atoms with Crippen LogP contribution in [0.25, 0.3) is 0 Å². The van der Waals surface area contributed by atoms with Gasteiger partial charge in [0.2, 0.25) is 0 Å². The van der Waals surface area contributed by atoms with Crippen molar-refractivity contribution in [1.29, 1.82) is 0 Å². The molecule has 2 aromatic rings. The third-order valence-corrected chi connectivity index (χ3v) is 3.14. The Morgan fingerprint density at radius 3 is 2.67 bits per heavy atom. The first-order valence-electron chi connectivity index (χ1n) is 6.22. The summed E-state index contributed by atoms with van der Waals surface area (Å²) in [5.74, 6) is 4.91. The highest BCUT2D eigenvalue weighted by atomic mass is 19.4. The van der Waals surface area contributed by atoms with Crippen molar-refractivity contribution >= 4 is 0 Å². The van der Waals surface area contributed by atoms with Crippen molar-refractivity contribution < 1.29 is 17.6 Å². The summed E-state index contributed by atoms with van der Waals surface area (Å²) >= 11 is 0. The largest absolute Gasteiger partial charge is 0.416 e. The lowest BCUT2D eigenvalue weighted by Gasteiger charge is -2.21. The molecule has 0 aliphatic rings. The van der Waals surface area contributed by atoms with Crippen molar-refractivity contribution in [2.45, 2.75) is 25.7 Å². The molecule has 21 heavy (non-hydrogen) atoms. The standard InChI is InChI=1S/C13H14F4N4/c1-2-21-6-5-19-12(21)11(20-18)9-7-8(14)3-4-10(9)13(15,16)17/h3-7,11,20H,2,18H2,1H3. The van der Waals surface area contributed by atoms with Gasteiger partial charge in [0.15, 0.2) is 0 Å². The summed E-state index contributed by atoms with van der Waals surface area (Å²) in [4.78, 5) is 4.02. The molecule has 0 aliphatic carbocycles. The normalized spacial score (nSPS) is 13.4. The van der Waals surface area contributed by atoms with Gasteiger partial charge in [-0.2, -0.15) is 13.2 Å². The van der Waals surface area contributed by atoms with Gasteiger partial charge >= 0.3 is 6.18 Å². The SMILES string of the molecule is CCn1ccnc1C(NN)c1cc(F)ccc1C(F)(F)F. The minimum atomic E-state index is -4.61. The Bertz CT molecular complexity index is 621. The lowest BCUT2D eigenvalue weighted by atomic mass is 9.99. The van der Waals surface area contributed by atoms with Crippen molar-refractivity contribution in [2.24, 2.45) is 5.84 Å². The lowest BCUT2D eigenvalue weighted by Crippen LogP contribution is -2.32. The van der Waals surface area contributed by atoms with Gasteiger partial charge in [-0.1, -0.05) is 0 Å². The molecule has 3 N–H and O–H groups in total. The van der Waals surface area contributed by atoms with E-state index >= 15 is 0 Å². The zero-order chi connectivity index (χ0) is 15.6. The van der Waals surface area contributed by atoms with Gasteiger partial charge < -0.3 is 4.57 Å². The maximum Gasteiger partial charge on any atom is 0.416 e. The highest BCUT2D eigenvalue weighted by molar-refractivity contribution is 5.36. The van der Waals surface area contributed by atoms with Crippen LogP contribution in [-0.4, -0.2) is 9.55 Å². The van der Waals surface area contributed by atoms with Crippen LogP contribution in [0.4, 0.5) is 17.6 Å². The number of hydrogen-bond donors (Lipinski definition) is 2. The first-order chi connectivity index (χ1) is 9.88. The van der Waals surface area contributed by atoms with E-state index < -0.39 is 23.6 Å². The molecule has 0 saturated heterocycles. The quantitative estimate of drug-likeness (QED) is 0.518. The smallest absolute Gasteiger partial charge is 0.334 e. The summed E-state index contributed by atoms with van der Waals surface area (Å²) in [6.45, 7) is 2.32. The number of alkyl halides is 3. The maximum absolute atomic E-state index is 13.4. The highest BCUT2D eigenvalue weighted by Gasteiger charge is 2.36. The van der Waals surface area contributed by atoms with Gasteiger partial charge in [-0.3, -0.25) is 5.84 Å². The van der Waals surface area contributed by atoms with E-state index in [-0.39, 0.29) is 11.4 Å². The monoisotopic (exact) mass is 302 g/mol. The molecule has 0 bridgehead atoms. The first-order valence-corrected chi connectivity index (χ1v) is 6.22. The number of rotatable bonds is 4. The van der Waals surface area contributed by atoms with Crippen LogP contribution < -0.4 is 11.3 Å². The lowest BCUT2D eigenvalue weighted by molar-refractivity contribution is -0.138. The molecule has 0 saturated carbocycles. The van der Waals surface area contributed by atoms with Crippen LogP contribution in [0.3, 0.4) is 0 Å². The Balaban J connectivity index is 2.60. The van der Waals surface area contributed by atoms with E-state index in [1.54, 1.807) is 10.8 Å². The number of aryl methyl sites for hydroxylation is 1. The van der Waals surface area contributed by atoms with Crippen LogP contribution in [0.15, 0.2) is 30.6 Å². The Morgan fingerprint density at radius 2 is 2.10 bits per heavy atom. The summed E-state index contributed by atoms with van der Waals surface area (Å²) < 4.78 is 54.3. The number of hydrogen-bond acceptors (Lipinski definition) is 3. The van der Waals surface area contributed by atoms with Crippen molar-refractivity contribution in [3.05, 3.63) is 53.4 Å². The Hall–Kier alpha value is -1.93. The fourth-order valence-corrected chi connectivity index (χ4v) is 2.18. The van der Waals surface area contributed by atoms with E-state index in [2.05, 4.69) is 10.4 Å². The molecule has 1 atom stereocenters. The van der Waals surface area contributed by atoms with Gasteiger partial charge in [-0.25, -0.2) is 14.8 Å². The summed E-state index contributed by atoms with van der Waals surface area (Å²) in [6.07, 6.45) is -1.54. The van der Waals surface area contributed by atoms with E-state index in [0.29, 0.717) is 12.6 Å². The van der Waals surface area contributed by atoms with Gasteiger partial charge in [0.25, 0.3) is 0 Å². The molecular formula is C13H14F4N4. The Kier molecular flexibility index (Phi) is 4.29.